The fraction of sp³-hybridized carbons (Fsp3) is 0.125. The number of aliphatic hydroxyl groups is 1. The molecule has 0 saturated heterocycles. The molecule has 3 rings (SSSR count). The van der Waals surface area contributed by atoms with Gasteiger partial charge in [0.05, 0.1) is 0 Å². The molecule has 7 nitrogen and oxygen atoms in total. The summed E-state index contributed by atoms with van der Waals surface area (Å²) in [5.74, 6) is -2.31. The quantitative estimate of drug-likeness (QED) is 0.385. The zero-order valence-corrected chi connectivity index (χ0v) is 11.8. The van der Waals surface area contributed by atoms with Gasteiger partial charge in [-0.05, 0) is 18.2 Å². The lowest BCUT2D eigenvalue weighted by Crippen LogP contribution is -2.50. The van der Waals surface area contributed by atoms with Crippen LogP contribution >= 0.6 is 0 Å². The molecule has 116 valence electrons. The Morgan fingerprint density at radius 2 is 2.00 bits per heavy atom. The first-order valence-electron chi connectivity index (χ1n) is 6.74. The number of benzene rings is 1. The molecule has 0 bridgehead atoms. The van der Waals surface area contributed by atoms with Crippen LogP contribution in [-0.2, 0) is 9.59 Å². The van der Waals surface area contributed by atoms with Crippen molar-refractivity contribution in [3.63, 3.8) is 0 Å². The van der Waals surface area contributed by atoms with Crippen molar-refractivity contribution in [1.29, 1.82) is 0 Å². The van der Waals surface area contributed by atoms with Crippen LogP contribution in [0.25, 0.3) is 0 Å². The summed E-state index contributed by atoms with van der Waals surface area (Å²) in [6.07, 6.45) is 0.732. The van der Waals surface area contributed by atoms with Crippen molar-refractivity contribution in [2.24, 2.45) is 10.4 Å². The van der Waals surface area contributed by atoms with Crippen molar-refractivity contribution in [2.75, 3.05) is 0 Å². The molecule has 1 aliphatic heterocycles. The van der Waals surface area contributed by atoms with Gasteiger partial charge in [0, 0.05) is 18.0 Å². The Morgan fingerprint density at radius 3 is 2.70 bits per heavy atom. The average molecular weight is 312 g/mol. The third kappa shape index (κ3) is 2.36. The summed E-state index contributed by atoms with van der Waals surface area (Å²) in [5.41, 5.74) is -2.12. The van der Waals surface area contributed by atoms with Crippen LogP contribution in [0.3, 0.4) is 0 Å². The van der Waals surface area contributed by atoms with Gasteiger partial charge in [0.15, 0.2) is 5.82 Å². The number of aliphatic hydroxyl groups excluding tert-OH is 1. The molecule has 2 unspecified atom stereocenters. The molecule has 2 aromatic rings. The van der Waals surface area contributed by atoms with E-state index in [2.05, 4.69) is 9.98 Å². The molecule has 0 spiro atoms. The zero-order chi connectivity index (χ0) is 16.4. The van der Waals surface area contributed by atoms with E-state index in [1.807, 2.05) is 0 Å². The van der Waals surface area contributed by atoms with E-state index in [1.54, 1.807) is 30.3 Å². The molecular formula is C16H12N2O5. The number of fused-ring (bicyclic) bond motifs is 1. The normalized spacial score (nSPS) is 23.3. The Labute approximate surface area is 130 Å². The largest absolute Gasteiger partial charge is 0.480 e. The number of rotatable bonds is 3. The average Bonchev–Trinajstić information content (AvgIpc) is 2.55. The van der Waals surface area contributed by atoms with E-state index in [0.29, 0.717) is 0 Å². The number of hydrogen-bond donors (Lipinski definition) is 2. The number of carbonyl (C=O) groups excluding carboxylic acids is 1. The molecule has 0 radical (unpaired) electrons. The number of hydrogen-bond acceptors (Lipinski definition) is 6. The highest BCUT2D eigenvalue weighted by Crippen LogP contribution is 2.43. The standard InChI is InChI=1S/C16H12N2O5/c19-13-10-5-1-2-6-11(10)23-15(22)16(13,14(20)21)9-18-12-7-3-4-8-17-12/h1-9,13,19H,(H,20,21). The molecule has 23 heavy (non-hydrogen) atoms. The van der Waals surface area contributed by atoms with Gasteiger partial charge in [-0.25, -0.2) is 14.8 Å². The number of nitrogens with zero attached hydrogens (tertiary/aromatic N) is 2. The van der Waals surface area contributed by atoms with Crippen molar-refractivity contribution in [2.45, 2.75) is 6.10 Å². The number of para-hydroxylation sites is 1. The maximum atomic E-state index is 12.3. The molecular weight excluding hydrogens is 300 g/mol. The lowest BCUT2D eigenvalue weighted by atomic mass is 9.78. The summed E-state index contributed by atoms with van der Waals surface area (Å²) in [4.78, 5) is 31.9. The van der Waals surface area contributed by atoms with E-state index in [0.717, 1.165) is 6.21 Å². The number of aliphatic imine (C=N–C) groups is 1. The number of pyridine rings is 1. The molecule has 1 aliphatic rings. The summed E-state index contributed by atoms with van der Waals surface area (Å²) in [6, 6.07) is 11.1. The first kappa shape index (κ1) is 14.9. The molecule has 0 aliphatic carbocycles. The van der Waals surface area contributed by atoms with Crippen LogP contribution in [0.4, 0.5) is 5.82 Å². The molecule has 2 heterocycles. The lowest BCUT2D eigenvalue weighted by Gasteiger charge is -2.33. The maximum Gasteiger partial charge on any atom is 0.337 e. The number of carboxylic acid groups (broad SMARTS) is 1. The number of ether oxygens (including phenoxy) is 1. The maximum absolute atomic E-state index is 12.3. The molecule has 1 aromatic carbocycles. The van der Waals surface area contributed by atoms with E-state index in [-0.39, 0.29) is 17.1 Å². The van der Waals surface area contributed by atoms with E-state index in [4.69, 9.17) is 4.74 Å². The van der Waals surface area contributed by atoms with E-state index in [9.17, 15) is 19.8 Å². The molecule has 0 saturated carbocycles. The Kier molecular flexibility index (Phi) is 3.63. The van der Waals surface area contributed by atoms with Crippen molar-refractivity contribution in [3.05, 3.63) is 54.2 Å². The zero-order valence-electron chi connectivity index (χ0n) is 11.8. The predicted octanol–water partition coefficient (Wildman–Crippen LogP) is 1.51. The SMILES string of the molecule is O=C(O)C1(C=Nc2ccccn2)C(=O)Oc2ccccc2C1O. The van der Waals surface area contributed by atoms with Gasteiger partial charge in [0.25, 0.3) is 0 Å². The number of aliphatic carboxylic acids is 1. The first-order valence-corrected chi connectivity index (χ1v) is 6.74. The first-order chi connectivity index (χ1) is 11.1. The summed E-state index contributed by atoms with van der Waals surface area (Å²) < 4.78 is 5.08. The lowest BCUT2D eigenvalue weighted by molar-refractivity contribution is -0.166. The fourth-order valence-corrected chi connectivity index (χ4v) is 2.32. The van der Waals surface area contributed by atoms with Gasteiger partial charge in [-0.3, -0.25) is 4.79 Å². The highest BCUT2D eigenvalue weighted by molar-refractivity contribution is 6.16. The molecule has 0 amide bonds. The van der Waals surface area contributed by atoms with Crippen LogP contribution in [0, 0.1) is 5.41 Å². The third-order valence-electron chi connectivity index (χ3n) is 3.59. The third-order valence-corrected chi connectivity index (χ3v) is 3.59. The second-order valence-corrected chi connectivity index (χ2v) is 4.95. The van der Waals surface area contributed by atoms with Crippen molar-refractivity contribution in [1.82, 2.24) is 4.98 Å². The minimum Gasteiger partial charge on any atom is -0.480 e. The van der Waals surface area contributed by atoms with Crippen LogP contribution in [0.15, 0.2) is 53.7 Å². The second-order valence-electron chi connectivity index (χ2n) is 4.95. The van der Waals surface area contributed by atoms with Crippen LogP contribution < -0.4 is 4.74 Å². The summed E-state index contributed by atoms with van der Waals surface area (Å²) in [7, 11) is 0. The molecule has 7 heteroatoms. The number of esters is 1. The topological polar surface area (TPSA) is 109 Å². The minimum absolute atomic E-state index is 0.133. The molecule has 2 atom stereocenters. The summed E-state index contributed by atoms with van der Waals surface area (Å²) in [6.45, 7) is 0. The van der Waals surface area contributed by atoms with Gasteiger partial charge in [0.1, 0.15) is 11.9 Å². The molecule has 2 N–H and O–H groups in total. The molecule has 0 fully saturated rings. The van der Waals surface area contributed by atoms with Crippen molar-refractivity contribution < 1.29 is 24.5 Å². The molecule has 1 aromatic heterocycles. The Bertz CT molecular complexity index is 790. The monoisotopic (exact) mass is 312 g/mol. The Morgan fingerprint density at radius 1 is 1.26 bits per heavy atom. The van der Waals surface area contributed by atoms with Gasteiger partial charge in [-0.2, -0.15) is 0 Å². The summed E-state index contributed by atoms with van der Waals surface area (Å²) in [5, 5.41) is 20.1. The highest BCUT2D eigenvalue weighted by atomic mass is 16.5. The van der Waals surface area contributed by atoms with Gasteiger partial charge in [-0.1, -0.05) is 24.3 Å². The van der Waals surface area contributed by atoms with Crippen LogP contribution in [0.2, 0.25) is 0 Å². The van der Waals surface area contributed by atoms with Crippen LogP contribution in [-0.4, -0.2) is 33.4 Å². The van der Waals surface area contributed by atoms with Crippen molar-refractivity contribution >= 4 is 24.0 Å². The fourth-order valence-electron chi connectivity index (χ4n) is 2.32. The van der Waals surface area contributed by atoms with E-state index < -0.39 is 23.5 Å². The van der Waals surface area contributed by atoms with Gasteiger partial charge < -0.3 is 14.9 Å². The number of aromatic nitrogens is 1. The second kappa shape index (κ2) is 5.62. The van der Waals surface area contributed by atoms with Gasteiger partial charge in [-0.15, -0.1) is 0 Å². The smallest absolute Gasteiger partial charge is 0.337 e. The predicted molar refractivity (Wildman–Crippen MR) is 79.5 cm³/mol. The Balaban J connectivity index is 2.09. The van der Waals surface area contributed by atoms with Gasteiger partial charge >= 0.3 is 11.9 Å². The number of carbonyl (C=O) groups is 2. The van der Waals surface area contributed by atoms with E-state index >= 15 is 0 Å². The Hall–Kier alpha value is -3.06. The van der Waals surface area contributed by atoms with Crippen LogP contribution in [0.5, 0.6) is 5.75 Å². The number of carboxylic acids is 1. The van der Waals surface area contributed by atoms with Crippen molar-refractivity contribution in [3.8, 4) is 5.75 Å². The highest BCUT2D eigenvalue weighted by Gasteiger charge is 2.57. The van der Waals surface area contributed by atoms with Crippen LogP contribution in [0.1, 0.15) is 11.7 Å². The van der Waals surface area contributed by atoms with E-state index in [1.165, 1.54) is 18.3 Å². The minimum atomic E-state index is -2.33. The summed E-state index contributed by atoms with van der Waals surface area (Å²) >= 11 is 0. The van der Waals surface area contributed by atoms with Gasteiger partial charge in [0.2, 0.25) is 5.41 Å².